The molecule has 0 saturated carbocycles. The summed E-state index contributed by atoms with van der Waals surface area (Å²) in [6.45, 7) is 4.06. The summed E-state index contributed by atoms with van der Waals surface area (Å²) < 4.78 is 1.81. The molecule has 0 aromatic carbocycles. The monoisotopic (exact) mass is 271 g/mol. The van der Waals surface area contributed by atoms with Gasteiger partial charge in [0.2, 0.25) is 5.13 Å². The predicted octanol–water partition coefficient (Wildman–Crippen LogP) is 2.60. The molecule has 0 aliphatic rings. The molecule has 0 atom stereocenters. The summed E-state index contributed by atoms with van der Waals surface area (Å²) in [5.41, 5.74) is 2.15. The van der Waals surface area contributed by atoms with Gasteiger partial charge in [-0.25, -0.2) is 9.67 Å². The zero-order chi connectivity index (χ0) is 12.4. The molecular weight excluding hydrogens is 258 g/mol. The van der Waals surface area contributed by atoms with Gasteiger partial charge in [-0.15, -0.1) is 0 Å². The molecular formula is C11H14ClN3OS. The van der Waals surface area contributed by atoms with Gasteiger partial charge in [-0.05, 0) is 18.9 Å². The Morgan fingerprint density at radius 3 is 2.71 bits per heavy atom. The maximum atomic E-state index is 9.11. The number of halogens is 1. The fourth-order valence-corrected chi connectivity index (χ4v) is 2.68. The van der Waals surface area contributed by atoms with Gasteiger partial charge >= 0.3 is 0 Å². The van der Waals surface area contributed by atoms with Gasteiger partial charge < -0.3 is 5.11 Å². The van der Waals surface area contributed by atoms with Gasteiger partial charge in [-0.1, -0.05) is 36.8 Å². The van der Waals surface area contributed by atoms with E-state index in [0.717, 1.165) is 29.4 Å². The average Bonchev–Trinajstić information content (AvgIpc) is 2.91. The Morgan fingerprint density at radius 1 is 1.41 bits per heavy atom. The van der Waals surface area contributed by atoms with Crippen LogP contribution in [0.3, 0.4) is 0 Å². The van der Waals surface area contributed by atoms with E-state index in [9.17, 15) is 0 Å². The molecule has 17 heavy (non-hydrogen) atoms. The third kappa shape index (κ3) is 2.36. The minimum Gasteiger partial charge on any atom is -0.391 e. The molecule has 2 aromatic heterocycles. The van der Waals surface area contributed by atoms with Crippen LogP contribution in [0, 0.1) is 0 Å². The van der Waals surface area contributed by atoms with E-state index >= 15 is 0 Å². The first-order valence-corrected chi connectivity index (χ1v) is 6.73. The molecule has 0 fully saturated rings. The highest BCUT2D eigenvalue weighted by atomic mass is 35.5. The van der Waals surface area contributed by atoms with Crippen LogP contribution in [-0.4, -0.2) is 19.9 Å². The van der Waals surface area contributed by atoms with Crippen molar-refractivity contribution in [3.05, 3.63) is 27.5 Å². The fourth-order valence-electron chi connectivity index (χ4n) is 1.57. The molecule has 92 valence electrons. The lowest BCUT2D eigenvalue weighted by Crippen LogP contribution is -2.00. The van der Waals surface area contributed by atoms with Crippen LogP contribution in [-0.2, 0) is 19.4 Å². The summed E-state index contributed by atoms with van der Waals surface area (Å²) in [7, 11) is 0. The largest absolute Gasteiger partial charge is 0.391 e. The fraction of sp³-hybridized carbons (Fsp3) is 0.455. The Balaban J connectivity index is 2.47. The Morgan fingerprint density at radius 2 is 2.18 bits per heavy atom. The third-order valence-electron chi connectivity index (χ3n) is 2.52. The predicted molar refractivity (Wildman–Crippen MR) is 68.9 cm³/mol. The summed E-state index contributed by atoms with van der Waals surface area (Å²) in [4.78, 5) is 4.91. The quantitative estimate of drug-likeness (QED) is 0.930. The van der Waals surface area contributed by atoms with Crippen molar-refractivity contribution in [3.63, 3.8) is 0 Å². The van der Waals surface area contributed by atoms with Crippen LogP contribution in [0.2, 0.25) is 5.15 Å². The van der Waals surface area contributed by atoms with Gasteiger partial charge in [0, 0.05) is 5.69 Å². The number of aromatic nitrogens is 3. The van der Waals surface area contributed by atoms with E-state index in [2.05, 4.69) is 30.0 Å². The van der Waals surface area contributed by atoms with Crippen LogP contribution in [0.1, 0.15) is 30.1 Å². The highest BCUT2D eigenvalue weighted by molar-refractivity contribution is 7.14. The number of nitrogens with zero attached hydrogens (tertiary/aromatic N) is 3. The Bertz CT molecular complexity index is 521. The molecule has 2 heterocycles. The molecule has 0 saturated heterocycles. The molecule has 6 heteroatoms. The van der Waals surface area contributed by atoms with Crippen LogP contribution in [0.5, 0.6) is 0 Å². The lowest BCUT2D eigenvalue weighted by Gasteiger charge is -1.99. The smallest absolute Gasteiger partial charge is 0.212 e. The van der Waals surface area contributed by atoms with E-state index in [1.54, 1.807) is 0 Å². The van der Waals surface area contributed by atoms with Crippen LogP contribution in [0.25, 0.3) is 5.13 Å². The average molecular weight is 272 g/mol. The first-order chi connectivity index (χ1) is 8.19. The number of aliphatic hydroxyl groups excluding tert-OH is 1. The first kappa shape index (κ1) is 12.5. The van der Waals surface area contributed by atoms with Crippen LogP contribution in [0.15, 0.2) is 6.07 Å². The van der Waals surface area contributed by atoms with Crippen molar-refractivity contribution in [1.82, 2.24) is 14.8 Å². The molecule has 0 amide bonds. The molecule has 0 unspecified atom stereocenters. The van der Waals surface area contributed by atoms with Gasteiger partial charge in [0.05, 0.1) is 17.2 Å². The lowest BCUT2D eigenvalue weighted by molar-refractivity contribution is 0.285. The van der Waals surface area contributed by atoms with Crippen molar-refractivity contribution in [2.24, 2.45) is 0 Å². The number of aliphatic hydroxyl groups is 1. The first-order valence-electron chi connectivity index (χ1n) is 5.53. The topological polar surface area (TPSA) is 50.9 Å². The molecule has 0 bridgehead atoms. The van der Waals surface area contributed by atoms with Gasteiger partial charge in [0.1, 0.15) is 5.15 Å². The van der Waals surface area contributed by atoms with Crippen molar-refractivity contribution in [3.8, 4) is 5.13 Å². The molecule has 0 aliphatic heterocycles. The summed E-state index contributed by atoms with van der Waals surface area (Å²) in [6, 6.07) is 2.08. The number of thiazole rings is 1. The number of rotatable bonds is 4. The highest BCUT2D eigenvalue weighted by Crippen LogP contribution is 2.26. The zero-order valence-electron chi connectivity index (χ0n) is 9.77. The third-order valence-corrected chi connectivity index (χ3v) is 3.96. The van der Waals surface area contributed by atoms with E-state index in [1.165, 1.54) is 11.3 Å². The standard InChI is InChI=1S/C11H14ClN3OS/c1-3-7-5-8(4-2)15(14-7)11-13-10(12)9(6-16)17-11/h5,16H,3-4,6H2,1-2H3. The van der Waals surface area contributed by atoms with Gasteiger partial charge in [0.25, 0.3) is 0 Å². The Labute approximate surface area is 109 Å². The second kappa shape index (κ2) is 5.16. The van der Waals surface area contributed by atoms with Crippen molar-refractivity contribution >= 4 is 22.9 Å². The van der Waals surface area contributed by atoms with E-state index in [1.807, 2.05) is 4.68 Å². The van der Waals surface area contributed by atoms with Crippen molar-refractivity contribution < 1.29 is 5.11 Å². The summed E-state index contributed by atoms with van der Waals surface area (Å²) in [5, 5.41) is 14.7. The SMILES string of the molecule is CCc1cc(CC)n(-c2nc(Cl)c(CO)s2)n1. The van der Waals surface area contributed by atoms with Crippen molar-refractivity contribution in [2.45, 2.75) is 33.3 Å². The molecule has 2 aromatic rings. The van der Waals surface area contributed by atoms with Gasteiger partial charge in [0.15, 0.2) is 0 Å². The van der Waals surface area contributed by atoms with Crippen LogP contribution < -0.4 is 0 Å². The van der Waals surface area contributed by atoms with Crippen molar-refractivity contribution in [1.29, 1.82) is 0 Å². The number of hydrogen-bond acceptors (Lipinski definition) is 4. The number of aryl methyl sites for hydroxylation is 2. The van der Waals surface area contributed by atoms with Crippen LogP contribution >= 0.6 is 22.9 Å². The molecule has 1 N–H and O–H groups in total. The van der Waals surface area contributed by atoms with E-state index in [4.69, 9.17) is 16.7 Å². The van der Waals surface area contributed by atoms with Gasteiger partial charge in [-0.3, -0.25) is 0 Å². The summed E-state index contributed by atoms with van der Waals surface area (Å²) in [6.07, 6.45) is 1.78. The number of hydrogen-bond donors (Lipinski definition) is 1. The molecule has 0 spiro atoms. The lowest BCUT2D eigenvalue weighted by atomic mass is 10.3. The minimum atomic E-state index is -0.0835. The van der Waals surface area contributed by atoms with Crippen LogP contribution in [0.4, 0.5) is 0 Å². The normalized spacial score (nSPS) is 11.1. The summed E-state index contributed by atoms with van der Waals surface area (Å²) >= 11 is 7.30. The van der Waals surface area contributed by atoms with E-state index in [0.29, 0.717) is 10.0 Å². The minimum absolute atomic E-state index is 0.0835. The molecule has 0 radical (unpaired) electrons. The molecule has 0 aliphatic carbocycles. The molecule has 4 nitrogen and oxygen atoms in total. The van der Waals surface area contributed by atoms with Crippen molar-refractivity contribution in [2.75, 3.05) is 0 Å². The zero-order valence-corrected chi connectivity index (χ0v) is 11.3. The summed E-state index contributed by atoms with van der Waals surface area (Å²) in [5.74, 6) is 0. The maximum absolute atomic E-state index is 9.11. The second-order valence-electron chi connectivity index (χ2n) is 3.61. The Kier molecular flexibility index (Phi) is 3.81. The maximum Gasteiger partial charge on any atom is 0.212 e. The molecule has 2 rings (SSSR count). The Hall–Kier alpha value is -0.910. The second-order valence-corrected chi connectivity index (χ2v) is 5.03. The van der Waals surface area contributed by atoms with E-state index < -0.39 is 0 Å². The highest BCUT2D eigenvalue weighted by Gasteiger charge is 2.14. The van der Waals surface area contributed by atoms with Gasteiger partial charge in [-0.2, -0.15) is 5.10 Å². The van der Waals surface area contributed by atoms with E-state index in [-0.39, 0.29) is 6.61 Å².